The van der Waals surface area contributed by atoms with E-state index < -0.39 is 5.54 Å². The number of nitrogens with zero attached hydrogens (tertiary/aromatic N) is 2. The van der Waals surface area contributed by atoms with Crippen molar-refractivity contribution in [2.24, 2.45) is 34.5 Å². The van der Waals surface area contributed by atoms with Crippen LogP contribution in [0.15, 0.2) is 30.3 Å². The molecule has 2 saturated carbocycles. The molecule has 1 aromatic rings. The molecular weight excluding hydrogens is 600 g/mol. The maximum absolute atomic E-state index is 14.1. The summed E-state index contributed by atoms with van der Waals surface area (Å²) in [7, 11) is 0. The number of fused-ring (bicyclic) bond motifs is 2. The zero-order chi connectivity index (χ0) is 33.9. The minimum Gasteiger partial charge on any atom is -0.378 e. The van der Waals surface area contributed by atoms with Crippen molar-refractivity contribution < 1.29 is 19.1 Å². The Morgan fingerprint density at radius 1 is 1.02 bits per heavy atom. The van der Waals surface area contributed by atoms with Gasteiger partial charge < -0.3 is 15.0 Å². The maximum atomic E-state index is 14.1. The fourth-order valence-electron chi connectivity index (χ4n) is 12.2. The molecule has 0 radical (unpaired) electrons. The second-order valence-electron chi connectivity index (χ2n) is 18.2. The standard InChI is InChI=1S/C40H60N4O4/c1-27(2)40(44-17-15-39(16-18-44)35(46)41-36(47)42-39,38-14-13-28(22-38)20-29(23-38)21-31-12-9-19-48-31)33-26-43(34(45)24-37(3,4)5)25-32(33)30-10-7-6-8-11-30/h6-8,10-11,27-29,31-33H,9,12-26H2,1-5H3,(H2,41,42,46,47). The van der Waals surface area contributed by atoms with Gasteiger partial charge in [0.1, 0.15) is 5.54 Å². The van der Waals surface area contributed by atoms with Crippen LogP contribution >= 0.6 is 0 Å². The number of amides is 4. The minimum atomic E-state index is -0.815. The lowest BCUT2D eigenvalue weighted by Gasteiger charge is -2.65. The van der Waals surface area contributed by atoms with Gasteiger partial charge in [-0.05, 0) is 98.4 Å². The molecule has 48 heavy (non-hydrogen) atoms. The highest BCUT2D eigenvalue weighted by Gasteiger charge is 2.67. The van der Waals surface area contributed by atoms with Crippen molar-refractivity contribution in [3.8, 4) is 0 Å². The molecule has 4 aliphatic heterocycles. The number of ether oxygens (including phenoxy) is 1. The summed E-state index contributed by atoms with van der Waals surface area (Å²) < 4.78 is 6.23. The second-order valence-corrected chi connectivity index (χ2v) is 18.2. The predicted octanol–water partition coefficient (Wildman–Crippen LogP) is 6.50. The van der Waals surface area contributed by atoms with E-state index in [1.807, 2.05) is 0 Å². The number of hydrogen-bond donors (Lipinski definition) is 2. The van der Waals surface area contributed by atoms with Gasteiger partial charge >= 0.3 is 6.03 Å². The van der Waals surface area contributed by atoms with Crippen LogP contribution in [0.3, 0.4) is 0 Å². The zero-order valence-electron chi connectivity index (χ0n) is 30.2. The van der Waals surface area contributed by atoms with Crippen molar-refractivity contribution in [3.05, 3.63) is 35.9 Å². The summed E-state index contributed by atoms with van der Waals surface area (Å²) in [6, 6.07) is 10.7. The average Bonchev–Trinajstić information content (AvgIpc) is 3.82. The van der Waals surface area contributed by atoms with E-state index in [9.17, 15) is 14.4 Å². The summed E-state index contributed by atoms with van der Waals surface area (Å²) in [5.74, 6) is 2.31. The smallest absolute Gasteiger partial charge is 0.322 e. The monoisotopic (exact) mass is 660 g/mol. The number of likely N-dealkylation sites (tertiary alicyclic amines) is 2. The van der Waals surface area contributed by atoms with Crippen molar-refractivity contribution >= 4 is 17.8 Å². The van der Waals surface area contributed by atoms with Crippen molar-refractivity contribution in [1.29, 1.82) is 0 Å². The highest BCUT2D eigenvalue weighted by molar-refractivity contribution is 6.07. The summed E-state index contributed by atoms with van der Waals surface area (Å²) >= 11 is 0. The molecule has 1 aromatic carbocycles. The van der Waals surface area contributed by atoms with E-state index in [1.54, 1.807) is 0 Å². The molecule has 4 amide bonds. The minimum absolute atomic E-state index is 0.0731. The van der Waals surface area contributed by atoms with Gasteiger partial charge in [-0.25, -0.2) is 4.79 Å². The van der Waals surface area contributed by atoms with Crippen LogP contribution in [0.1, 0.15) is 117 Å². The van der Waals surface area contributed by atoms with Crippen LogP contribution in [0.5, 0.6) is 0 Å². The number of urea groups is 1. The van der Waals surface area contributed by atoms with Crippen LogP contribution in [-0.4, -0.2) is 77.6 Å². The first-order valence-electron chi connectivity index (χ1n) is 19.2. The molecule has 2 aliphatic carbocycles. The number of benzene rings is 1. The molecule has 8 nitrogen and oxygen atoms in total. The molecule has 6 fully saturated rings. The van der Waals surface area contributed by atoms with E-state index >= 15 is 0 Å². The topological polar surface area (TPSA) is 91.0 Å². The highest BCUT2D eigenvalue weighted by Crippen LogP contribution is 2.67. The van der Waals surface area contributed by atoms with Crippen molar-refractivity contribution in [2.45, 2.75) is 128 Å². The Bertz CT molecular complexity index is 1360. The molecule has 264 valence electrons. The second kappa shape index (κ2) is 12.7. The van der Waals surface area contributed by atoms with Gasteiger partial charge in [0.2, 0.25) is 5.91 Å². The summed E-state index contributed by atoms with van der Waals surface area (Å²) in [5, 5.41) is 5.57. The molecule has 2 bridgehead atoms. The van der Waals surface area contributed by atoms with Gasteiger partial charge in [-0.3, -0.25) is 19.8 Å². The zero-order valence-corrected chi connectivity index (χ0v) is 30.2. The van der Waals surface area contributed by atoms with Crippen LogP contribution in [0.2, 0.25) is 0 Å². The number of carbonyl (C=O) groups excluding carboxylic acids is 3. The lowest BCUT2D eigenvalue weighted by Crippen LogP contribution is -2.71. The molecule has 4 saturated heterocycles. The van der Waals surface area contributed by atoms with Crippen molar-refractivity contribution in [3.63, 3.8) is 0 Å². The van der Waals surface area contributed by atoms with E-state index in [4.69, 9.17) is 4.74 Å². The maximum Gasteiger partial charge on any atom is 0.322 e. The van der Waals surface area contributed by atoms with Gasteiger partial charge in [0.05, 0.1) is 6.10 Å². The summed E-state index contributed by atoms with van der Waals surface area (Å²) in [6.07, 6.45) is 12.0. The van der Waals surface area contributed by atoms with Gasteiger partial charge in [-0.15, -0.1) is 0 Å². The summed E-state index contributed by atoms with van der Waals surface area (Å²) in [5.41, 5.74) is 0.391. The number of hydrogen-bond acceptors (Lipinski definition) is 5. The van der Waals surface area contributed by atoms with Crippen molar-refractivity contribution in [2.75, 3.05) is 32.8 Å². The Labute approximate surface area is 288 Å². The molecule has 7 atom stereocenters. The third-order valence-electron chi connectivity index (χ3n) is 13.7. The van der Waals surface area contributed by atoms with Gasteiger partial charge in [0.15, 0.2) is 0 Å². The highest BCUT2D eigenvalue weighted by atomic mass is 16.5. The fourth-order valence-corrected chi connectivity index (χ4v) is 12.2. The van der Waals surface area contributed by atoms with E-state index in [1.165, 1.54) is 56.9 Å². The predicted molar refractivity (Wildman–Crippen MR) is 187 cm³/mol. The first kappa shape index (κ1) is 34.0. The number of carbonyl (C=O) groups is 3. The third kappa shape index (κ3) is 5.91. The Morgan fingerprint density at radius 3 is 2.40 bits per heavy atom. The van der Waals surface area contributed by atoms with Crippen LogP contribution in [0.25, 0.3) is 0 Å². The Balaban J connectivity index is 1.32. The number of nitrogens with one attached hydrogen (secondary N) is 2. The van der Waals surface area contributed by atoms with Crippen LogP contribution in [0.4, 0.5) is 4.79 Å². The normalized spacial score (nSPS) is 34.9. The van der Waals surface area contributed by atoms with Crippen LogP contribution < -0.4 is 10.6 Å². The molecule has 7 unspecified atom stereocenters. The fraction of sp³-hybridized carbons (Fsp3) is 0.775. The molecule has 4 heterocycles. The van der Waals surface area contributed by atoms with E-state index in [0.717, 1.165) is 38.7 Å². The Hall–Kier alpha value is -2.45. The molecular formula is C40H60N4O4. The lowest BCUT2D eigenvalue weighted by molar-refractivity contribution is -0.149. The molecule has 7 rings (SSSR count). The van der Waals surface area contributed by atoms with Gasteiger partial charge in [-0.1, -0.05) is 65.0 Å². The van der Waals surface area contributed by atoms with Crippen molar-refractivity contribution in [1.82, 2.24) is 20.4 Å². The molecule has 1 spiro atoms. The van der Waals surface area contributed by atoms with Gasteiger partial charge in [0, 0.05) is 56.6 Å². The molecule has 6 aliphatic rings. The van der Waals surface area contributed by atoms with E-state index in [2.05, 4.69) is 85.4 Å². The third-order valence-corrected chi connectivity index (χ3v) is 13.7. The Morgan fingerprint density at radius 2 is 1.77 bits per heavy atom. The van der Waals surface area contributed by atoms with Crippen LogP contribution in [-0.2, 0) is 14.3 Å². The summed E-state index contributed by atoms with van der Waals surface area (Å²) in [4.78, 5) is 44.6. The first-order chi connectivity index (χ1) is 22.8. The molecule has 0 aromatic heterocycles. The number of rotatable bonds is 8. The van der Waals surface area contributed by atoms with Crippen LogP contribution in [0, 0.1) is 34.5 Å². The quantitative estimate of drug-likeness (QED) is 0.311. The number of piperidine rings is 1. The van der Waals surface area contributed by atoms with E-state index in [-0.39, 0.29) is 46.1 Å². The first-order valence-corrected chi connectivity index (χ1v) is 19.2. The lowest BCUT2D eigenvalue weighted by atomic mass is 9.49. The molecule has 8 heteroatoms. The Kier molecular flexibility index (Phi) is 9.00. The SMILES string of the molecule is CC(C)C(C1CN(C(=O)CC(C)(C)C)CC1c1ccccc1)(N1CCC2(CC1)NC(=O)NC2=O)C12CCC(CC(CC3CCCO3)C1)C2. The van der Waals surface area contributed by atoms with Gasteiger partial charge in [-0.2, -0.15) is 0 Å². The van der Waals surface area contributed by atoms with E-state index in [0.29, 0.717) is 37.2 Å². The summed E-state index contributed by atoms with van der Waals surface area (Å²) in [6.45, 7) is 15.4. The molecule has 2 N–H and O–H groups in total. The largest absolute Gasteiger partial charge is 0.378 e. The number of imide groups is 1. The average molecular weight is 661 g/mol. The van der Waals surface area contributed by atoms with Gasteiger partial charge in [0.25, 0.3) is 5.91 Å².